The highest BCUT2D eigenvalue weighted by Crippen LogP contribution is 2.25. The number of furan rings is 1. The molecule has 152 valence electrons. The zero-order chi connectivity index (χ0) is 21.1. The van der Waals surface area contributed by atoms with Crippen LogP contribution in [0.4, 0.5) is 10.1 Å². The largest absolute Gasteiger partial charge is 0.493 e. The Morgan fingerprint density at radius 2 is 2.03 bits per heavy atom. The second kappa shape index (κ2) is 8.24. The highest BCUT2D eigenvalue weighted by molar-refractivity contribution is 5.97. The molecule has 0 atom stereocenters. The summed E-state index contributed by atoms with van der Waals surface area (Å²) in [5.74, 6) is 0.145. The van der Waals surface area contributed by atoms with Crippen LogP contribution in [0.2, 0.25) is 0 Å². The van der Waals surface area contributed by atoms with Crippen LogP contribution in [-0.4, -0.2) is 13.0 Å². The van der Waals surface area contributed by atoms with Gasteiger partial charge in [0, 0.05) is 5.39 Å². The number of carbonyl (C=O) groups is 1. The van der Waals surface area contributed by atoms with Gasteiger partial charge in [-0.3, -0.25) is 4.79 Å². The van der Waals surface area contributed by atoms with Gasteiger partial charge in [-0.05, 0) is 48.9 Å². The van der Waals surface area contributed by atoms with Crippen LogP contribution in [0, 0.1) is 12.7 Å². The van der Waals surface area contributed by atoms with Crippen molar-refractivity contribution < 1.29 is 22.8 Å². The quantitative estimate of drug-likeness (QED) is 0.524. The maximum absolute atomic E-state index is 14.3. The summed E-state index contributed by atoms with van der Waals surface area (Å²) in [6, 6.07) is 15.0. The number of fused-ring (bicyclic) bond motifs is 1. The summed E-state index contributed by atoms with van der Waals surface area (Å²) in [5, 5.41) is 3.42. The summed E-state index contributed by atoms with van der Waals surface area (Å²) in [5.41, 5.74) is 1.47. The van der Waals surface area contributed by atoms with Crippen molar-refractivity contribution >= 4 is 22.6 Å². The number of methoxy groups -OCH3 is 1. The second-order valence-electron chi connectivity index (χ2n) is 6.67. The van der Waals surface area contributed by atoms with Crippen molar-refractivity contribution in [2.45, 2.75) is 13.5 Å². The highest BCUT2D eigenvalue weighted by atomic mass is 19.1. The summed E-state index contributed by atoms with van der Waals surface area (Å²) in [6.45, 7) is 2.02. The van der Waals surface area contributed by atoms with Gasteiger partial charge in [0.05, 0.1) is 19.9 Å². The molecule has 4 aromatic rings. The molecule has 4 rings (SSSR count). The number of benzene rings is 2. The number of nitrogens with one attached hydrogen (secondary N) is 1. The number of para-hydroxylation sites is 1. The number of carbonyl (C=O) groups excluding carboxylic acids is 1. The Balaban J connectivity index is 1.86. The van der Waals surface area contributed by atoms with Gasteiger partial charge in [0.1, 0.15) is 22.8 Å². The maximum atomic E-state index is 14.3. The Hall–Kier alpha value is -3.87. The van der Waals surface area contributed by atoms with Gasteiger partial charge in [0.15, 0.2) is 11.3 Å². The number of hydrogen-bond acceptors (Lipinski definition) is 5. The van der Waals surface area contributed by atoms with Gasteiger partial charge < -0.3 is 18.9 Å². The molecule has 2 aromatic carbocycles. The number of ether oxygens (including phenoxy) is 1. The van der Waals surface area contributed by atoms with Gasteiger partial charge in [0.25, 0.3) is 5.91 Å². The normalized spacial score (nSPS) is 11.6. The molecule has 2 heterocycles. The summed E-state index contributed by atoms with van der Waals surface area (Å²) in [4.78, 5) is 17.2. The van der Waals surface area contributed by atoms with Crippen molar-refractivity contribution in [2.75, 3.05) is 7.11 Å². The molecular weight excluding hydrogens is 387 g/mol. The van der Waals surface area contributed by atoms with E-state index in [0.717, 1.165) is 5.56 Å². The van der Waals surface area contributed by atoms with Crippen LogP contribution in [-0.2, 0) is 6.54 Å². The fraction of sp³-hybridized carbons (Fsp3) is 0.130. The summed E-state index contributed by atoms with van der Waals surface area (Å²) in [7, 11) is 1.52. The van der Waals surface area contributed by atoms with Crippen molar-refractivity contribution in [1.82, 2.24) is 5.32 Å². The van der Waals surface area contributed by atoms with Crippen LogP contribution >= 0.6 is 0 Å². The Morgan fingerprint density at radius 3 is 2.80 bits per heavy atom. The topological polar surface area (TPSA) is 77.0 Å². The van der Waals surface area contributed by atoms with E-state index in [-0.39, 0.29) is 23.3 Å². The number of nitrogens with zero attached hydrogens (tertiary/aromatic N) is 1. The standard InChI is InChI=1S/C23H19FN2O4/c1-14-8-9-18(24)19(11-14)26-23-17(22(27)25-13-16-6-4-10-29-16)12-15-5-3-7-20(28-2)21(15)30-23/h3-12H,13H2,1-2H3,(H,25,27). The molecule has 0 aliphatic rings. The van der Waals surface area contributed by atoms with Crippen molar-refractivity contribution in [3.8, 4) is 5.75 Å². The monoisotopic (exact) mass is 406 g/mol. The second-order valence-corrected chi connectivity index (χ2v) is 6.67. The van der Waals surface area contributed by atoms with Gasteiger partial charge in [-0.25, -0.2) is 9.38 Å². The van der Waals surface area contributed by atoms with E-state index in [2.05, 4.69) is 10.3 Å². The molecule has 1 N–H and O–H groups in total. The molecule has 0 radical (unpaired) electrons. The first kappa shape index (κ1) is 19.4. The zero-order valence-corrected chi connectivity index (χ0v) is 16.4. The number of rotatable bonds is 5. The Morgan fingerprint density at radius 1 is 1.17 bits per heavy atom. The molecule has 6 nitrogen and oxygen atoms in total. The first-order chi connectivity index (χ1) is 14.5. The van der Waals surface area contributed by atoms with E-state index in [1.807, 2.05) is 6.92 Å². The molecule has 0 aliphatic carbocycles. The molecule has 2 aromatic heterocycles. The summed E-state index contributed by atoms with van der Waals surface area (Å²) in [6.07, 6.45) is 1.53. The van der Waals surface area contributed by atoms with E-state index in [1.165, 1.54) is 19.4 Å². The van der Waals surface area contributed by atoms with E-state index in [1.54, 1.807) is 48.5 Å². The van der Waals surface area contributed by atoms with Crippen LogP contribution in [0.5, 0.6) is 5.75 Å². The number of halogens is 1. The minimum Gasteiger partial charge on any atom is -0.493 e. The Bertz CT molecular complexity index is 1280. The first-order valence-electron chi connectivity index (χ1n) is 9.27. The molecule has 1 amide bonds. The highest BCUT2D eigenvalue weighted by Gasteiger charge is 2.15. The Labute approximate surface area is 171 Å². The number of hydrogen-bond donors (Lipinski definition) is 1. The molecule has 0 bridgehead atoms. The fourth-order valence-corrected chi connectivity index (χ4v) is 3.02. The van der Waals surface area contributed by atoms with Crippen molar-refractivity contribution in [2.24, 2.45) is 4.99 Å². The fourth-order valence-electron chi connectivity index (χ4n) is 3.02. The lowest BCUT2D eigenvalue weighted by molar-refractivity contribution is 0.0944. The lowest BCUT2D eigenvalue weighted by Gasteiger charge is -2.08. The molecule has 0 fully saturated rings. The number of amides is 1. The van der Waals surface area contributed by atoms with Crippen LogP contribution < -0.4 is 15.6 Å². The van der Waals surface area contributed by atoms with Gasteiger partial charge in [0.2, 0.25) is 5.55 Å². The van der Waals surface area contributed by atoms with Crippen LogP contribution in [0.15, 0.2) is 74.7 Å². The smallest absolute Gasteiger partial charge is 0.257 e. The molecular formula is C23H19FN2O4. The van der Waals surface area contributed by atoms with E-state index in [0.29, 0.717) is 22.5 Å². The molecule has 0 aliphatic heterocycles. The SMILES string of the molecule is COc1cccc2cc(C(=O)NCc3ccco3)c(=Nc3cc(C)ccc3F)oc12. The van der Waals surface area contributed by atoms with E-state index in [4.69, 9.17) is 13.6 Å². The number of aryl methyl sites for hydroxylation is 1. The van der Waals surface area contributed by atoms with Gasteiger partial charge in [-0.1, -0.05) is 18.2 Å². The lowest BCUT2D eigenvalue weighted by Crippen LogP contribution is -2.28. The zero-order valence-electron chi connectivity index (χ0n) is 16.4. The van der Waals surface area contributed by atoms with E-state index < -0.39 is 11.7 Å². The predicted molar refractivity (Wildman–Crippen MR) is 109 cm³/mol. The van der Waals surface area contributed by atoms with Crippen LogP contribution in [0.1, 0.15) is 21.7 Å². The average Bonchev–Trinajstić information content (AvgIpc) is 3.27. The van der Waals surface area contributed by atoms with E-state index >= 15 is 0 Å². The summed E-state index contributed by atoms with van der Waals surface area (Å²) >= 11 is 0. The van der Waals surface area contributed by atoms with Gasteiger partial charge in [-0.15, -0.1) is 0 Å². The third-order valence-electron chi connectivity index (χ3n) is 4.53. The Kier molecular flexibility index (Phi) is 5.34. The van der Waals surface area contributed by atoms with E-state index in [9.17, 15) is 9.18 Å². The third-order valence-corrected chi connectivity index (χ3v) is 4.53. The lowest BCUT2D eigenvalue weighted by atomic mass is 10.1. The van der Waals surface area contributed by atoms with Crippen LogP contribution in [0.25, 0.3) is 11.0 Å². The maximum Gasteiger partial charge on any atom is 0.257 e. The molecule has 30 heavy (non-hydrogen) atoms. The predicted octanol–water partition coefficient (Wildman–Crippen LogP) is 4.64. The van der Waals surface area contributed by atoms with Crippen molar-refractivity contribution in [3.63, 3.8) is 0 Å². The average molecular weight is 406 g/mol. The molecule has 0 saturated carbocycles. The summed E-state index contributed by atoms with van der Waals surface area (Å²) < 4.78 is 30.8. The first-order valence-corrected chi connectivity index (χ1v) is 9.27. The molecule has 0 saturated heterocycles. The molecule has 0 spiro atoms. The molecule has 0 unspecified atom stereocenters. The van der Waals surface area contributed by atoms with Crippen LogP contribution in [0.3, 0.4) is 0 Å². The van der Waals surface area contributed by atoms with Crippen molar-refractivity contribution in [1.29, 1.82) is 0 Å². The minimum absolute atomic E-state index is 0.0200. The van der Waals surface area contributed by atoms with Gasteiger partial charge in [-0.2, -0.15) is 0 Å². The van der Waals surface area contributed by atoms with Gasteiger partial charge >= 0.3 is 0 Å². The minimum atomic E-state index is -0.516. The van der Waals surface area contributed by atoms with Crippen molar-refractivity contribution in [3.05, 3.63) is 89.1 Å². The third kappa shape index (κ3) is 3.96. The molecule has 7 heteroatoms.